The van der Waals surface area contributed by atoms with Crippen LogP contribution >= 0.6 is 23.2 Å². The highest BCUT2D eigenvalue weighted by Crippen LogP contribution is 2.34. The molecule has 0 atom stereocenters. The number of aromatic nitrogens is 2. The van der Waals surface area contributed by atoms with E-state index in [1.165, 1.54) is 5.39 Å². The molecule has 0 amide bonds. The molecule has 0 bridgehead atoms. The fraction of sp³-hybridized carbons (Fsp3) is 0. The number of hydrogen-bond acceptors (Lipinski definition) is 1. The van der Waals surface area contributed by atoms with Crippen LogP contribution in [0.3, 0.4) is 0 Å². The van der Waals surface area contributed by atoms with E-state index in [-0.39, 0.29) is 0 Å². The molecule has 4 heteroatoms. The van der Waals surface area contributed by atoms with Gasteiger partial charge < -0.3 is 4.98 Å². The molecule has 5 aromatic rings. The average Bonchev–Trinajstić information content (AvgIpc) is 3.19. The molecular formula is C25H16Cl2N2. The highest BCUT2D eigenvalue weighted by atomic mass is 35.5. The van der Waals surface area contributed by atoms with Crippen molar-refractivity contribution in [3.05, 3.63) is 101 Å². The van der Waals surface area contributed by atoms with E-state index in [9.17, 15) is 0 Å². The first-order chi connectivity index (χ1) is 14.2. The van der Waals surface area contributed by atoms with Gasteiger partial charge in [-0.3, -0.25) is 0 Å². The van der Waals surface area contributed by atoms with Crippen molar-refractivity contribution in [1.82, 2.24) is 9.97 Å². The summed E-state index contributed by atoms with van der Waals surface area (Å²) in [5.74, 6) is 0. The Morgan fingerprint density at radius 2 is 1.17 bits per heavy atom. The quantitative estimate of drug-likeness (QED) is 0.319. The maximum Gasteiger partial charge on any atom is 0.0715 e. The van der Waals surface area contributed by atoms with Gasteiger partial charge in [-0.15, -0.1) is 0 Å². The van der Waals surface area contributed by atoms with Crippen LogP contribution in [0.1, 0.15) is 0 Å². The smallest absolute Gasteiger partial charge is 0.0715 e. The molecule has 5 rings (SSSR count). The maximum absolute atomic E-state index is 6.08. The maximum atomic E-state index is 6.08. The molecule has 0 saturated heterocycles. The van der Waals surface area contributed by atoms with Gasteiger partial charge in [0.05, 0.1) is 11.4 Å². The standard InChI is InChI=1S/C25H16Cl2N2/c26-19-9-5-16(6-10-19)24-13-18(22-15-28-23-4-2-1-3-21(22)23)14-25(29-24)17-7-11-20(27)12-8-17/h1-15,28H. The zero-order valence-electron chi connectivity index (χ0n) is 15.4. The molecule has 2 heterocycles. The molecule has 0 radical (unpaired) electrons. The Balaban J connectivity index is 1.73. The van der Waals surface area contributed by atoms with Gasteiger partial charge in [0.25, 0.3) is 0 Å². The molecule has 0 spiro atoms. The number of fused-ring (bicyclic) bond motifs is 1. The van der Waals surface area contributed by atoms with Gasteiger partial charge in [-0.2, -0.15) is 0 Å². The summed E-state index contributed by atoms with van der Waals surface area (Å²) in [4.78, 5) is 8.29. The van der Waals surface area contributed by atoms with Crippen LogP contribution in [0, 0.1) is 0 Å². The summed E-state index contributed by atoms with van der Waals surface area (Å²) in [6, 6.07) is 28.1. The van der Waals surface area contributed by atoms with Crippen LogP contribution in [0.15, 0.2) is 91.1 Å². The molecule has 0 aliphatic rings. The molecule has 0 fully saturated rings. The second-order valence-electron chi connectivity index (χ2n) is 6.89. The van der Waals surface area contributed by atoms with Gasteiger partial charge in [0.2, 0.25) is 0 Å². The van der Waals surface area contributed by atoms with Gasteiger partial charge in [-0.1, -0.05) is 65.7 Å². The zero-order valence-corrected chi connectivity index (χ0v) is 16.9. The third kappa shape index (κ3) is 3.53. The monoisotopic (exact) mass is 414 g/mol. The molecule has 1 N–H and O–H groups in total. The number of nitrogens with zero attached hydrogens (tertiary/aromatic N) is 1. The van der Waals surface area contributed by atoms with E-state index in [0.717, 1.165) is 39.2 Å². The molecule has 3 aromatic carbocycles. The van der Waals surface area contributed by atoms with Gasteiger partial charge >= 0.3 is 0 Å². The predicted octanol–water partition coefficient (Wildman–Crippen LogP) is 7.87. The SMILES string of the molecule is Clc1ccc(-c2cc(-c3c[nH]c4ccccc34)cc(-c3ccc(Cl)cc3)n2)cc1. The summed E-state index contributed by atoms with van der Waals surface area (Å²) < 4.78 is 0. The van der Waals surface area contributed by atoms with Crippen LogP contribution in [0.2, 0.25) is 10.0 Å². The summed E-state index contributed by atoms with van der Waals surface area (Å²) in [5, 5.41) is 2.60. The minimum absolute atomic E-state index is 0.708. The molecule has 2 aromatic heterocycles. The van der Waals surface area contributed by atoms with Crippen molar-refractivity contribution < 1.29 is 0 Å². The third-order valence-corrected chi connectivity index (χ3v) is 5.51. The van der Waals surface area contributed by atoms with Crippen molar-refractivity contribution in [2.45, 2.75) is 0 Å². The molecule has 0 unspecified atom stereocenters. The van der Waals surface area contributed by atoms with Gasteiger partial charge in [0, 0.05) is 43.8 Å². The summed E-state index contributed by atoms with van der Waals surface area (Å²) in [6.07, 6.45) is 2.05. The Bertz CT molecular complexity index is 1240. The van der Waals surface area contributed by atoms with E-state index in [0.29, 0.717) is 10.0 Å². The molecule has 0 saturated carbocycles. The largest absolute Gasteiger partial charge is 0.361 e. The Labute approximate surface area is 178 Å². The molecule has 0 aliphatic carbocycles. The van der Waals surface area contributed by atoms with E-state index in [1.807, 2.05) is 54.6 Å². The first-order valence-corrected chi connectivity index (χ1v) is 10.0. The Kier molecular flexibility index (Phi) is 4.59. The lowest BCUT2D eigenvalue weighted by molar-refractivity contribution is 1.32. The van der Waals surface area contributed by atoms with Crippen LogP contribution in [0.5, 0.6) is 0 Å². The van der Waals surface area contributed by atoms with E-state index in [1.54, 1.807) is 0 Å². The van der Waals surface area contributed by atoms with Crippen molar-refractivity contribution in [2.75, 3.05) is 0 Å². The van der Waals surface area contributed by atoms with Crippen LogP contribution < -0.4 is 0 Å². The van der Waals surface area contributed by atoms with Crippen molar-refractivity contribution >= 4 is 34.1 Å². The number of pyridine rings is 1. The molecule has 2 nitrogen and oxygen atoms in total. The number of H-pyrrole nitrogens is 1. The van der Waals surface area contributed by atoms with E-state index in [2.05, 4.69) is 41.5 Å². The lowest BCUT2D eigenvalue weighted by Crippen LogP contribution is -1.91. The first kappa shape index (κ1) is 18.0. The number of para-hydroxylation sites is 1. The lowest BCUT2D eigenvalue weighted by Gasteiger charge is -2.10. The fourth-order valence-corrected chi connectivity index (χ4v) is 3.79. The molecular weight excluding hydrogens is 399 g/mol. The second kappa shape index (κ2) is 7.40. The van der Waals surface area contributed by atoms with Crippen molar-refractivity contribution in [1.29, 1.82) is 0 Å². The van der Waals surface area contributed by atoms with Crippen LogP contribution in [-0.2, 0) is 0 Å². The number of benzene rings is 3. The van der Waals surface area contributed by atoms with E-state index < -0.39 is 0 Å². The first-order valence-electron chi connectivity index (χ1n) is 9.28. The minimum Gasteiger partial charge on any atom is -0.361 e. The summed E-state index contributed by atoms with van der Waals surface area (Å²) in [6.45, 7) is 0. The topological polar surface area (TPSA) is 28.7 Å². The van der Waals surface area contributed by atoms with Crippen LogP contribution in [0.4, 0.5) is 0 Å². The lowest BCUT2D eigenvalue weighted by atomic mass is 9.99. The van der Waals surface area contributed by atoms with Crippen molar-refractivity contribution in [3.8, 4) is 33.6 Å². The predicted molar refractivity (Wildman–Crippen MR) is 122 cm³/mol. The van der Waals surface area contributed by atoms with E-state index >= 15 is 0 Å². The average molecular weight is 415 g/mol. The minimum atomic E-state index is 0.708. The number of hydrogen-bond donors (Lipinski definition) is 1. The fourth-order valence-electron chi connectivity index (χ4n) is 3.53. The van der Waals surface area contributed by atoms with Crippen LogP contribution in [0.25, 0.3) is 44.5 Å². The van der Waals surface area contributed by atoms with Crippen molar-refractivity contribution in [2.24, 2.45) is 0 Å². The Hall–Kier alpha value is -3.07. The molecule has 0 aliphatic heterocycles. The highest BCUT2D eigenvalue weighted by Gasteiger charge is 2.12. The molecule has 140 valence electrons. The van der Waals surface area contributed by atoms with Gasteiger partial charge in [0.1, 0.15) is 0 Å². The zero-order chi connectivity index (χ0) is 19.8. The summed E-state index contributed by atoms with van der Waals surface area (Å²) >= 11 is 12.2. The summed E-state index contributed by atoms with van der Waals surface area (Å²) in [5.41, 5.74) is 7.20. The van der Waals surface area contributed by atoms with Gasteiger partial charge in [0.15, 0.2) is 0 Å². The second-order valence-corrected chi connectivity index (χ2v) is 7.76. The normalized spacial score (nSPS) is 11.1. The number of halogens is 2. The Morgan fingerprint density at radius 1 is 0.621 bits per heavy atom. The van der Waals surface area contributed by atoms with Crippen LogP contribution in [-0.4, -0.2) is 9.97 Å². The summed E-state index contributed by atoms with van der Waals surface area (Å²) in [7, 11) is 0. The number of rotatable bonds is 3. The molecule has 29 heavy (non-hydrogen) atoms. The van der Waals surface area contributed by atoms with Gasteiger partial charge in [-0.25, -0.2) is 4.98 Å². The number of nitrogens with one attached hydrogen (secondary N) is 1. The highest BCUT2D eigenvalue weighted by molar-refractivity contribution is 6.30. The third-order valence-electron chi connectivity index (χ3n) is 5.01. The van der Waals surface area contributed by atoms with Gasteiger partial charge in [-0.05, 0) is 48.0 Å². The van der Waals surface area contributed by atoms with Crippen molar-refractivity contribution in [3.63, 3.8) is 0 Å². The Morgan fingerprint density at radius 3 is 1.76 bits per heavy atom. The van der Waals surface area contributed by atoms with E-state index in [4.69, 9.17) is 28.2 Å². The number of aromatic amines is 1.